The number of non-ortho nitro benzene ring substituents is 1. The number of ether oxygens (including phenoxy) is 1. The number of benzene rings is 1. The number of hydrogen-bond acceptors (Lipinski definition) is 5. The number of hydrogen-bond donors (Lipinski definition) is 1. The van der Waals surface area contributed by atoms with Crippen molar-refractivity contribution in [3.05, 3.63) is 39.9 Å². The number of nitro groups is 1. The van der Waals surface area contributed by atoms with Gasteiger partial charge < -0.3 is 9.64 Å². The lowest BCUT2D eigenvalue weighted by Gasteiger charge is -2.24. The molecular weight excluding hydrogens is 250 g/mol. The van der Waals surface area contributed by atoms with Crippen LogP contribution in [0.5, 0.6) is 0 Å². The van der Waals surface area contributed by atoms with E-state index in [-0.39, 0.29) is 24.3 Å². The van der Waals surface area contributed by atoms with Crippen LogP contribution in [0.2, 0.25) is 0 Å². The Morgan fingerprint density at radius 1 is 1.58 bits per heavy atom. The Hall–Kier alpha value is -1.99. The molecular formula is C12H15N3O4. The molecule has 1 aromatic rings. The fraction of sp³-hybridized carbons (Fsp3) is 0.417. The van der Waals surface area contributed by atoms with Crippen molar-refractivity contribution >= 4 is 11.6 Å². The molecule has 0 saturated carbocycles. The Morgan fingerprint density at radius 3 is 3.05 bits per heavy atom. The maximum atomic E-state index is 11.8. The van der Waals surface area contributed by atoms with E-state index in [2.05, 4.69) is 5.32 Å². The summed E-state index contributed by atoms with van der Waals surface area (Å²) in [7, 11) is 1.57. The standard InChI is InChI=1S/C12H15N3O4/c1-19-6-5-14-11(16)8-13-12(14)9-3-2-4-10(7-9)15(17)18/h2-4,7,12-13H,5-6,8H2,1H3. The molecule has 7 heteroatoms. The van der Waals surface area contributed by atoms with Gasteiger partial charge in [-0.15, -0.1) is 0 Å². The van der Waals surface area contributed by atoms with E-state index in [0.29, 0.717) is 18.7 Å². The SMILES string of the molecule is COCCN1C(=O)CNC1c1cccc([N+](=O)[O-])c1. The highest BCUT2D eigenvalue weighted by atomic mass is 16.6. The van der Waals surface area contributed by atoms with E-state index in [1.807, 2.05) is 0 Å². The zero-order valence-corrected chi connectivity index (χ0v) is 10.5. The highest BCUT2D eigenvalue weighted by Gasteiger charge is 2.31. The number of carbonyl (C=O) groups excluding carboxylic acids is 1. The summed E-state index contributed by atoms with van der Waals surface area (Å²) in [5.74, 6) is -0.0337. The summed E-state index contributed by atoms with van der Waals surface area (Å²) in [5.41, 5.74) is 0.724. The third-order valence-corrected chi connectivity index (χ3v) is 3.01. The molecule has 1 aromatic carbocycles. The average molecular weight is 265 g/mol. The van der Waals surface area contributed by atoms with Crippen molar-refractivity contribution in [2.75, 3.05) is 26.8 Å². The topological polar surface area (TPSA) is 84.7 Å². The summed E-state index contributed by atoms with van der Waals surface area (Å²) in [6, 6.07) is 6.30. The number of methoxy groups -OCH3 is 1. The predicted octanol–water partition coefficient (Wildman–Crippen LogP) is 0.672. The largest absolute Gasteiger partial charge is 0.383 e. The molecule has 2 rings (SSSR count). The smallest absolute Gasteiger partial charge is 0.269 e. The zero-order chi connectivity index (χ0) is 13.8. The minimum Gasteiger partial charge on any atom is -0.383 e. The van der Waals surface area contributed by atoms with Gasteiger partial charge in [0.1, 0.15) is 6.17 Å². The molecule has 0 bridgehead atoms. The Labute approximate surface area is 110 Å². The molecule has 1 heterocycles. The van der Waals surface area contributed by atoms with E-state index < -0.39 is 4.92 Å². The number of amides is 1. The van der Waals surface area contributed by atoms with Gasteiger partial charge in [0.15, 0.2) is 0 Å². The molecule has 7 nitrogen and oxygen atoms in total. The molecule has 102 valence electrons. The molecule has 1 saturated heterocycles. The average Bonchev–Trinajstić information content (AvgIpc) is 2.78. The molecule has 1 N–H and O–H groups in total. The predicted molar refractivity (Wildman–Crippen MR) is 67.4 cm³/mol. The van der Waals surface area contributed by atoms with Crippen LogP contribution in [-0.4, -0.2) is 42.5 Å². The third-order valence-electron chi connectivity index (χ3n) is 3.01. The summed E-state index contributed by atoms with van der Waals surface area (Å²) in [5, 5.41) is 13.8. The summed E-state index contributed by atoms with van der Waals surface area (Å²) in [6.45, 7) is 1.12. The lowest BCUT2D eigenvalue weighted by Crippen LogP contribution is -2.33. The molecule has 1 aliphatic heterocycles. The van der Waals surface area contributed by atoms with Crippen LogP contribution in [0.1, 0.15) is 11.7 Å². The molecule has 1 atom stereocenters. The van der Waals surface area contributed by atoms with Crippen LogP contribution in [0, 0.1) is 10.1 Å². The number of nitrogens with one attached hydrogen (secondary N) is 1. The molecule has 0 radical (unpaired) electrons. The minimum absolute atomic E-state index is 0.0188. The van der Waals surface area contributed by atoms with Gasteiger partial charge in [-0.25, -0.2) is 0 Å². The Kier molecular flexibility index (Phi) is 4.08. The molecule has 0 aromatic heterocycles. The van der Waals surface area contributed by atoms with Gasteiger partial charge in [0.25, 0.3) is 5.69 Å². The van der Waals surface area contributed by atoms with Crippen molar-refractivity contribution in [2.45, 2.75) is 6.17 Å². The van der Waals surface area contributed by atoms with E-state index >= 15 is 0 Å². The van der Waals surface area contributed by atoms with Crippen LogP contribution < -0.4 is 5.32 Å². The van der Waals surface area contributed by atoms with Gasteiger partial charge in [0, 0.05) is 25.8 Å². The number of nitrogens with zero attached hydrogens (tertiary/aromatic N) is 2. The number of carbonyl (C=O) groups is 1. The van der Waals surface area contributed by atoms with Crippen LogP contribution in [0.25, 0.3) is 0 Å². The van der Waals surface area contributed by atoms with Crippen LogP contribution in [0.4, 0.5) is 5.69 Å². The van der Waals surface area contributed by atoms with E-state index in [9.17, 15) is 14.9 Å². The number of nitro benzene ring substituents is 1. The second kappa shape index (κ2) is 5.77. The molecule has 0 spiro atoms. The van der Waals surface area contributed by atoms with Gasteiger partial charge in [-0.05, 0) is 5.56 Å². The van der Waals surface area contributed by atoms with Crippen molar-refractivity contribution in [2.24, 2.45) is 0 Å². The van der Waals surface area contributed by atoms with Crippen molar-refractivity contribution in [3.8, 4) is 0 Å². The first-order chi connectivity index (χ1) is 9.13. The first-order valence-electron chi connectivity index (χ1n) is 5.89. The lowest BCUT2D eigenvalue weighted by molar-refractivity contribution is -0.385. The van der Waals surface area contributed by atoms with Crippen LogP contribution in [0.3, 0.4) is 0 Å². The molecule has 1 aliphatic rings. The van der Waals surface area contributed by atoms with E-state index in [0.717, 1.165) is 0 Å². The van der Waals surface area contributed by atoms with E-state index in [4.69, 9.17) is 4.74 Å². The van der Waals surface area contributed by atoms with Crippen molar-refractivity contribution < 1.29 is 14.5 Å². The quantitative estimate of drug-likeness (QED) is 0.625. The molecule has 19 heavy (non-hydrogen) atoms. The Balaban J connectivity index is 2.22. The number of rotatable bonds is 5. The zero-order valence-electron chi connectivity index (χ0n) is 10.5. The Morgan fingerprint density at radius 2 is 2.37 bits per heavy atom. The van der Waals surface area contributed by atoms with Crippen molar-refractivity contribution in [1.29, 1.82) is 0 Å². The minimum atomic E-state index is -0.445. The van der Waals surface area contributed by atoms with Crippen LogP contribution in [-0.2, 0) is 9.53 Å². The summed E-state index contributed by atoms with van der Waals surface area (Å²) < 4.78 is 4.97. The second-order valence-corrected chi connectivity index (χ2v) is 4.22. The third kappa shape index (κ3) is 2.88. The second-order valence-electron chi connectivity index (χ2n) is 4.22. The van der Waals surface area contributed by atoms with Crippen molar-refractivity contribution in [1.82, 2.24) is 10.2 Å². The molecule has 1 amide bonds. The van der Waals surface area contributed by atoms with E-state index in [1.165, 1.54) is 12.1 Å². The summed E-state index contributed by atoms with van der Waals surface area (Å²) in [6.07, 6.45) is -0.331. The lowest BCUT2D eigenvalue weighted by atomic mass is 10.1. The first kappa shape index (κ1) is 13.4. The monoisotopic (exact) mass is 265 g/mol. The fourth-order valence-corrected chi connectivity index (χ4v) is 2.09. The molecule has 1 fully saturated rings. The normalized spacial score (nSPS) is 18.9. The van der Waals surface area contributed by atoms with Crippen LogP contribution in [0.15, 0.2) is 24.3 Å². The Bertz CT molecular complexity index is 492. The van der Waals surface area contributed by atoms with Gasteiger partial charge in [-0.2, -0.15) is 0 Å². The highest BCUT2D eigenvalue weighted by molar-refractivity contribution is 5.81. The van der Waals surface area contributed by atoms with Crippen LogP contribution >= 0.6 is 0 Å². The van der Waals surface area contributed by atoms with Gasteiger partial charge in [-0.3, -0.25) is 20.2 Å². The van der Waals surface area contributed by atoms with Gasteiger partial charge in [0.05, 0.1) is 18.1 Å². The van der Waals surface area contributed by atoms with Gasteiger partial charge in [-0.1, -0.05) is 12.1 Å². The van der Waals surface area contributed by atoms with E-state index in [1.54, 1.807) is 24.1 Å². The maximum absolute atomic E-state index is 11.8. The fourth-order valence-electron chi connectivity index (χ4n) is 2.09. The van der Waals surface area contributed by atoms with Gasteiger partial charge in [0.2, 0.25) is 5.91 Å². The first-order valence-corrected chi connectivity index (χ1v) is 5.89. The summed E-state index contributed by atoms with van der Waals surface area (Å²) in [4.78, 5) is 23.7. The molecule has 0 aliphatic carbocycles. The maximum Gasteiger partial charge on any atom is 0.269 e. The molecule has 1 unspecified atom stereocenters. The van der Waals surface area contributed by atoms with Gasteiger partial charge >= 0.3 is 0 Å². The summed E-state index contributed by atoms with van der Waals surface area (Å²) >= 11 is 0. The van der Waals surface area contributed by atoms with Crippen molar-refractivity contribution in [3.63, 3.8) is 0 Å². The highest BCUT2D eigenvalue weighted by Crippen LogP contribution is 2.25.